The Labute approximate surface area is 108 Å². The van der Waals surface area contributed by atoms with Crippen molar-refractivity contribution in [2.45, 2.75) is 19.4 Å². The Morgan fingerprint density at radius 1 is 1.35 bits per heavy atom. The van der Waals surface area contributed by atoms with Crippen LogP contribution in [0.5, 0.6) is 0 Å². The van der Waals surface area contributed by atoms with Crippen LogP contribution in [0.25, 0.3) is 0 Å². The molecule has 0 radical (unpaired) electrons. The van der Waals surface area contributed by atoms with Crippen molar-refractivity contribution < 1.29 is 9.84 Å². The molecule has 0 bridgehead atoms. The summed E-state index contributed by atoms with van der Waals surface area (Å²) in [5.74, 6) is 0. The van der Waals surface area contributed by atoms with Crippen molar-refractivity contribution >= 4 is 11.6 Å². The number of hydrogen-bond acceptors (Lipinski definition) is 3. The molecule has 0 aromatic heterocycles. The predicted molar refractivity (Wildman–Crippen MR) is 70.5 cm³/mol. The molecule has 0 heterocycles. The van der Waals surface area contributed by atoms with E-state index in [9.17, 15) is 5.11 Å². The fourth-order valence-electron chi connectivity index (χ4n) is 1.47. The SMILES string of the molecule is CCOCC(O)CNCCc1ccc(Cl)cc1. The summed E-state index contributed by atoms with van der Waals surface area (Å²) in [7, 11) is 0. The summed E-state index contributed by atoms with van der Waals surface area (Å²) < 4.78 is 5.12. The molecule has 0 amide bonds. The summed E-state index contributed by atoms with van der Waals surface area (Å²) >= 11 is 5.80. The highest BCUT2D eigenvalue weighted by atomic mass is 35.5. The molecule has 0 aliphatic heterocycles. The van der Waals surface area contributed by atoms with Gasteiger partial charge < -0.3 is 15.2 Å². The van der Waals surface area contributed by atoms with Gasteiger partial charge in [-0.3, -0.25) is 0 Å². The third-order valence-corrected chi connectivity index (χ3v) is 2.65. The maximum atomic E-state index is 9.51. The lowest BCUT2D eigenvalue weighted by molar-refractivity contribution is 0.0430. The summed E-state index contributed by atoms with van der Waals surface area (Å²) in [5.41, 5.74) is 1.24. The molecule has 0 saturated carbocycles. The molecular weight excluding hydrogens is 238 g/mol. The zero-order valence-corrected chi connectivity index (χ0v) is 10.9. The molecule has 0 fully saturated rings. The molecular formula is C13H20ClNO2. The van der Waals surface area contributed by atoms with Crippen LogP contribution in [0.2, 0.25) is 5.02 Å². The van der Waals surface area contributed by atoms with E-state index in [1.165, 1.54) is 5.56 Å². The van der Waals surface area contributed by atoms with Gasteiger partial charge in [0, 0.05) is 18.2 Å². The van der Waals surface area contributed by atoms with Crippen LogP contribution in [-0.2, 0) is 11.2 Å². The first-order chi connectivity index (χ1) is 8.22. The molecule has 17 heavy (non-hydrogen) atoms. The minimum Gasteiger partial charge on any atom is -0.389 e. The Morgan fingerprint density at radius 2 is 2.06 bits per heavy atom. The van der Waals surface area contributed by atoms with Gasteiger partial charge in [-0.05, 0) is 37.6 Å². The van der Waals surface area contributed by atoms with Crippen LogP contribution in [0.3, 0.4) is 0 Å². The maximum absolute atomic E-state index is 9.51. The number of ether oxygens (including phenoxy) is 1. The van der Waals surface area contributed by atoms with E-state index in [1.54, 1.807) is 0 Å². The van der Waals surface area contributed by atoms with E-state index in [0.717, 1.165) is 18.0 Å². The number of aliphatic hydroxyl groups is 1. The van der Waals surface area contributed by atoms with Gasteiger partial charge in [0.05, 0.1) is 12.7 Å². The summed E-state index contributed by atoms with van der Waals surface area (Å²) in [6.07, 6.45) is 0.499. The second-order valence-electron chi connectivity index (χ2n) is 3.89. The standard InChI is InChI=1S/C13H20ClNO2/c1-2-17-10-13(16)9-15-8-7-11-3-5-12(14)6-4-11/h3-6,13,15-16H,2,7-10H2,1H3. The Hall–Kier alpha value is -0.610. The molecule has 1 aromatic rings. The second-order valence-corrected chi connectivity index (χ2v) is 4.33. The van der Waals surface area contributed by atoms with Crippen LogP contribution in [0.4, 0.5) is 0 Å². The molecule has 1 unspecified atom stereocenters. The lowest BCUT2D eigenvalue weighted by atomic mass is 10.1. The minimum atomic E-state index is -0.430. The monoisotopic (exact) mass is 257 g/mol. The average Bonchev–Trinajstić information content (AvgIpc) is 2.34. The first-order valence-electron chi connectivity index (χ1n) is 5.93. The highest BCUT2D eigenvalue weighted by molar-refractivity contribution is 6.30. The van der Waals surface area contributed by atoms with Crippen LogP contribution in [-0.4, -0.2) is 37.5 Å². The number of hydrogen-bond donors (Lipinski definition) is 2. The maximum Gasteiger partial charge on any atom is 0.0897 e. The summed E-state index contributed by atoms with van der Waals surface area (Å²) in [6, 6.07) is 7.81. The normalized spacial score (nSPS) is 12.6. The molecule has 4 heteroatoms. The van der Waals surface area contributed by atoms with Gasteiger partial charge in [-0.15, -0.1) is 0 Å². The zero-order chi connectivity index (χ0) is 12.5. The largest absolute Gasteiger partial charge is 0.389 e. The smallest absolute Gasteiger partial charge is 0.0897 e. The molecule has 3 nitrogen and oxygen atoms in total. The van der Waals surface area contributed by atoms with Gasteiger partial charge in [-0.2, -0.15) is 0 Å². The number of rotatable bonds is 8. The van der Waals surface area contributed by atoms with Crippen LogP contribution in [0.15, 0.2) is 24.3 Å². The van der Waals surface area contributed by atoms with E-state index >= 15 is 0 Å². The van der Waals surface area contributed by atoms with Crippen molar-refractivity contribution in [3.8, 4) is 0 Å². The summed E-state index contributed by atoms with van der Waals surface area (Å²) in [6.45, 7) is 4.35. The van der Waals surface area contributed by atoms with Gasteiger partial charge in [-0.1, -0.05) is 23.7 Å². The highest BCUT2D eigenvalue weighted by Gasteiger charge is 2.02. The molecule has 2 N–H and O–H groups in total. The molecule has 0 aliphatic rings. The quantitative estimate of drug-likeness (QED) is 0.699. The predicted octanol–water partition coefficient (Wildman–Crippen LogP) is 1.87. The number of benzene rings is 1. The van der Waals surface area contributed by atoms with Gasteiger partial charge in [-0.25, -0.2) is 0 Å². The Balaban J connectivity index is 2.09. The van der Waals surface area contributed by atoms with Gasteiger partial charge in [0.25, 0.3) is 0 Å². The zero-order valence-electron chi connectivity index (χ0n) is 10.2. The Kier molecular flexibility index (Phi) is 7.21. The summed E-state index contributed by atoms with van der Waals surface area (Å²) in [4.78, 5) is 0. The van der Waals surface area contributed by atoms with E-state index < -0.39 is 6.10 Å². The lowest BCUT2D eigenvalue weighted by Gasteiger charge is -2.11. The van der Waals surface area contributed by atoms with Crippen molar-refractivity contribution in [2.75, 3.05) is 26.3 Å². The number of nitrogens with one attached hydrogen (secondary N) is 1. The van der Waals surface area contributed by atoms with Crippen molar-refractivity contribution in [3.63, 3.8) is 0 Å². The molecule has 1 rings (SSSR count). The fraction of sp³-hybridized carbons (Fsp3) is 0.538. The fourth-order valence-corrected chi connectivity index (χ4v) is 1.59. The summed E-state index contributed by atoms with van der Waals surface area (Å²) in [5, 5.41) is 13.5. The minimum absolute atomic E-state index is 0.393. The molecule has 96 valence electrons. The van der Waals surface area contributed by atoms with Crippen LogP contribution < -0.4 is 5.32 Å². The van der Waals surface area contributed by atoms with Crippen LogP contribution in [0.1, 0.15) is 12.5 Å². The van der Waals surface area contributed by atoms with E-state index in [1.807, 2.05) is 31.2 Å². The first-order valence-corrected chi connectivity index (χ1v) is 6.31. The van der Waals surface area contributed by atoms with E-state index in [4.69, 9.17) is 16.3 Å². The van der Waals surface area contributed by atoms with E-state index in [2.05, 4.69) is 5.32 Å². The Morgan fingerprint density at radius 3 is 2.71 bits per heavy atom. The van der Waals surface area contributed by atoms with Gasteiger partial charge >= 0.3 is 0 Å². The van der Waals surface area contributed by atoms with Gasteiger partial charge in [0.15, 0.2) is 0 Å². The highest BCUT2D eigenvalue weighted by Crippen LogP contribution is 2.09. The third kappa shape index (κ3) is 6.64. The molecule has 1 atom stereocenters. The molecule has 0 aliphatic carbocycles. The first kappa shape index (κ1) is 14.5. The van der Waals surface area contributed by atoms with Crippen molar-refractivity contribution in [1.82, 2.24) is 5.32 Å². The number of halogens is 1. The van der Waals surface area contributed by atoms with Crippen LogP contribution in [0, 0.1) is 0 Å². The topological polar surface area (TPSA) is 41.5 Å². The number of aliphatic hydroxyl groups excluding tert-OH is 1. The van der Waals surface area contributed by atoms with Gasteiger partial charge in [0.1, 0.15) is 0 Å². The van der Waals surface area contributed by atoms with Crippen molar-refractivity contribution in [3.05, 3.63) is 34.9 Å². The third-order valence-electron chi connectivity index (χ3n) is 2.40. The molecule has 0 saturated heterocycles. The van der Waals surface area contributed by atoms with E-state index in [0.29, 0.717) is 19.8 Å². The average molecular weight is 258 g/mol. The van der Waals surface area contributed by atoms with Crippen molar-refractivity contribution in [2.24, 2.45) is 0 Å². The second kappa shape index (κ2) is 8.48. The van der Waals surface area contributed by atoms with E-state index in [-0.39, 0.29) is 0 Å². The Bertz CT molecular complexity index is 303. The molecule has 0 spiro atoms. The van der Waals surface area contributed by atoms with Gasteiger partial charge in [0.2, 0.25) is 0 Å². The van der Waals surface area contributed by atoms with Crippen molar-refractivity contribution in [1.29, 1.82) is 0 Å². The van der Waals surface area contributed by atoms with Crippen LogP contribution >= 0.6 is 11.6 Å². The lowest BCUT2D eigenvalue weighted by Crippen LogP contribution is -2.31. The molecule has 1 aromatic carbocycles.